The van der Waals surface area contributed by atoms with E-state index in [0.717, 1.165) is 11.3 Å². The molecule has 0 aromatic heterocycles. The van der Waals surface area contributed by atoms with Crippen molar-refractivity contribution in [2.75, 3.05) is 19.0 Å². The number of anilines is 1. The van der Waals surface area contributed by atoms with E-state index < -0.39 is 0 Å². The van der Waals surface area contributed by atoms with Crippen LogP contribution in [-0.2, 0) is 0 Å². The summed E-state index contributed by atoms with van der Waals surface area (Å²) in [4.78, 5) is 14.0. The number of hydrogen-bond donors (Lipinski definition) is 0. The molecule has 0 atom stereocenters. The fourth-order valence-corrected chi connectivity index (χ4v) is 2.00. The maximum absolute atomic E-state index is 12.1. The number of rotatable bonds is 4. The third-order valence-electron chi connectivity index (χ3n) is 2.94. The highest BCUT2D eigenvalue weighted by atomic mass is 35.5. The summed E-state index contributed by atoms with van der Waals surface area (Å²) in [5, 5.41) is 0.662. The van der Waals surface area contributed by atoms with Gasteiger partial charge >= 0.3 is 0 Å². The van der Waals surface area contributed by atoms with Crippen molar-refractivity contribution in [3.63, 3.8) is 0 Å². The second-order valence-corrected chi connectivity index (χ2v) is 5.13. The van der Waals surface area contributed by atoms with Crippen molar-refractivity contribution in [2.45, 2.75) is 0 Å². The number of benzene rings is 2. The lowest BCUT2D eigenvalue weighted by molar-refractivity contribution is 0.104. The fraction of sp³-hybridized carbons (Fsp3) is 0.118. The monoisotopic (exact) mass is 285 g/mol. The lowest BCUT2D eigenvalue weighted by atomic mass is 10.1. The molecule has 20 heavy (non-hydrogen) atoms. The van der Waals surface area contributed by atoms with E-state index in [1.54, 1.807) is 18.2 Å². The average Bonchev–Trinajstić information content (AvgIpc) is 2.45. The Labute approximate surface area is 124 Å². The molecule has 0 fully saturated rings. The molecule has 3 heteroatoms. The molecule has 2 aromatic rings. The topological polar surface area (TPSA) is 20.3 Å². The second-order valence-electron chi connectivity index (χ2n) is 4.69. The number of nitrogens with zero attached hydrogens (tertiary/aromatic N) is 1. The van der Waals surface area contributed by atoms with Gasteiger partial charge in [0, 0.05) is 30.4 Å². The van der Waals surface area contributed by atoms with Gasteiger partial charge in [-0.1, -0.05) is 29.8 Å². The van der Waals surface area contributed by atoms with Crippen molar-refractivity contribution in [2.24, 2.45) is 0 Å². The molecule has 0 unspecified atom stereocenters. The van der Waals surface area contributed by atoms with Crippen LogP contribution in [0, 0.1) is 0 Å². The van der Waals surface area contributed by atoms with Crippen LogP contribution in [0.5, 0.6) is 0 Å². The summed E-state index contributed by atoms with van der Waals surface area (Å²) >= 11 is 5.90. The molecule has 0 aliphatic heterocycles. The van der Waals surface area contributed by atoms with Crippen molar-refractivity contribution < 1.29 is 4.79 Å². The quantitative estimate of drug-likeness (QED) is 0.616. The van der Waals surface area contributed by atoms with Crippen molar-refractivity contribution in [3.05, 3.63) is 70.8 Å². The van der Waals surface area contributed by atoms with Crippen LogP contribution in [0.2, 0.25) is 5.02 Å². The Hall–Kier alpha value is -2.06. The molecule has 0 aliphatic rings. The first-order valence-electron chi connectivity index (χ1n) is 6.31. The minimum atomic E-state index is -0.0183. The number of allylic oxidation sites excluding steroid dienone is 1. The normalized spacial score (nSPS) is 10.8. The first kappa shape index (κ1) is 14.4. The average molecular weight is 286 g/mol. The molecule has 0 amide bonds. The van der Waals surface area contributed by atoms with Crippen LogP contribution in [0.4, 0.5) is 5.69 Å². The zero-order valence-electron chi connectivity index (χ0n) is 11.5. The maximum atomic E-state index is 12.1. The van der Waals surface area contributed by atoms with E-state index in [1.165, 1.54) is 0 Å². The van der Waals surface area contributed by atoms with Crippen LogP contribution in [0.25, 0.3) is 6.08 Å². The molecule has 0 aliphatic carbocycles. The zero-order valence-corrected chi connectivity index (χ0v) is 12.3. The molecule has 0 bridgehead atoms. The molecule has 0 spiro atoms. The van der Waals surface area contributed by atoms with Crippen LogP contribution in [0.1, 0.15) is 15.9 Å². The van der Waals surface area contributed by atoms with Crippen molar-refractivity contribution in [3.8, 4) is 0 Å². The summed E-state index contributed by atoms with van der Waals surface area (Å²) in [5.74, 6) is -0.0183. The predicted molar refractivity (Wildman–Crippen MR) is 85.6 cm³/mol. The largest absolute Gasteiger partial charge is 0.378 e. The molecule has 102 valence electrons. The molecule has 0 heterocycles. The van der Waals surface area contributed by atoms with E-state index in [-0.39, 0.29) is 5.78 Å². The van der Waals surface area contributed by atoms with Crippen LogP contribution >= 0.6 is 11.6 Å². The molecular formula is C17H16ClNO. The molecule has 2 rings (SSSR count). The Morgan fingerprint density at radius 1 is 1.10 bits per heavy atom. The Balaban J connectivity index is 2.11. The molecule has 2 nitrogen and oxygen atoms in total. The highest BCUT2D eigenvalue weighted by molar-refractivity contribution is 6.30. The predicted octanol–water partition coefficient (Wildman–Crippen LogP) is 4.30. The molecule has 2 aromatic carbocycles. The van der Waals surface area contributed by atoms with Crippen molar-refractivity contribution in [1.82, 2.24) is 0 Å². The Bertz CT molecular complexity index is 630. The number of halogens is 1. The standard InChI is InChI=1S/C17H16ClNO/c1-19(2)16-9-7-14(8-10-16)17(20)11-6-13-4-3-5-15(18)12-13/h3-12H,1-2H3. The summed E-state index contributed by atoms with van der Waals surface area (Å²) in [7, 11) is 3.94. The van der Waals surface area contributed by atoms with Gasteiger partial charge in [-0.05, 0) is 48.0 Å². The summed E-state index contributed by atoms with van der Waals surface area (Å²) in [6.07, 6.45) is 3.34. The smallest absolute Gasteiger partial charge is 0.185 e. The highest BCUT2D eigenvalue weighted by Gasteiger charge is 2.02. The minimum Gasteiger partial charge on any atom is -0.378 e. The van der Waals surface area contributed by atoms with Gasteiger partial charge in [-0.3, -0.25) is 4.79 Å². The van der Waals surface area contributed by atoms with Gasteiger partial charge in [0.05, 0.1) is 0 Å². The lowest BCUT2D eigenvalue weighted by Gasteiger charge is -2.11. The Morgan fingerprint density at radius 3 is 2.40 bits per heavy atom. The van der Waals surface area contributed by atoms with Crippen LogP contribution < -0.4 is 4.90 Å². The summed E-state index contributed by atoms with van der Waals surface area (Å²) in [6, 6.07) is 14.9. The van der Waals surface area contributed by atoms with Crippen LogP contribution in [0.3, 0.4) is 0 Å². The number of ketones is 1. The first-order chi connectivity index (χ1) is 9.56. The van der Waals surface area contributed by atoms with Crippen LogP contribution in [0.15, 0.2) is 54.6 Å². The third-order valence-corrected chi connectivity index (χ3v) is 3.18. The summed E-state index contributed by atoms with van der Waals surface area (Å²) in [5.41, 5.74) is 2.66. The van der Waals surface area contributed by atoms with E-state index in [4.69, 9.17) is 11.6 Å². The van der Waals surface area contributed by atoms with E-state index in [0.29, 0.717) is 10.6 Å². The fourth-order valence-electron chi connectivity index (χ4n) is 1.80. The van der Waals surface area contributed by atoms with Gasteiger partial charge in [-0.15, -0.1) is 0 Å². The van der Waals surface area contributed by atoms with Crippen LogP contribution in [-0.4, -0.2) is 19.9 Å². The zero-order chi connectivity index (χ0) is 14.5. The summed E-state index contributed by atoms with van der Waals surface area (Å²) in [6.45, 7) is 0. The molecule has 0 radical (unpaired) electrons. The SMILES string of the molecule is CN(C)c1ccc(C(=O)C=Cc2cccc(Cl)c2)cc1. The van der Waals surface area contributed by atoms with Gasteiger partial charge in [0.25, 0.3) is 0 Å². The molecule has 0 saturated heterocycles. The molecule has 0 saturated carbocycles. The Kier molecular flexibility index (Phi) is 4.59. The Morgan fingerprint density at radius 2 is 1.80 bits per heavy atom. The van der Waals surface area contributed by atoms with E-state index in [1.807, 2.05) is 61.5 Å². The lowest BCUT2D eigenvalue weighted by Crippen LogP contribution is -2.08. The van der Waals surface area contributed by atoms with E-state index >= 15 is 0 Å². The third kappa shape index (κ3) is 3.72. The van der Waals surface area contributed by atoms with Gasteiger partial charge in [-0.25, -0.2) is 0 Å². The van der Waals surface area contributed by atoms with Gasteiger partial charge in [0.1, 0.15) is 0 Å². The van der Waals surface area contributed by atoms with Gasteiger partial charge in [-0.2, -0.15) is 0 Å². The van der Waals surface area contributed by atoms with Gasteiger partial charge in [0.2, 0.25) is 0 Å². The minimum absolute atomic E-state index is 0.0183. The summed E-state index contributed by atoms with van der Waals surface area (Å²) < 4.78 is 0. The van der Waals surface area contributed by atoms with Gasteiger partial charge < -0.3 is 4.90 Å². The number of carbonyl (C=O) groups is 1. The number of hydrogen-bond acceptors (Lipinski definition) is 2. The first-order valence-corrected chi connectivity index (χ1v) is 6.69. The van der Waals surface area contributed by atoms with Gasteiger partial charge in [0.15, 0.2) is 5.78 Å². The van der Waals surface area contributed by atoms with E-state index in [2.05, 4.69) is 0 Å². The van der Waals surface area contributed by atoms with Crippen molar-refractivity contribution in [1.29, 1.82) is 0 Å². The maximum Gasteiger partial charge on any atom is 0.185 e. The molecule has 0 N–H and O–H groups in total. The van der Waals surface area contributed by atoms with Crippen molar-refractivity contribution >= 4 is 29.1 Å². The second kappa shape index (κ2) is 6.40. The van der Waals surface area contributed by atoms with E-state index in [9.17, 15) is 4.79 Å². The molecular weight excluding hydrogens is 270 g/mol. The number of carbonyl (C=O) groups excluding carboxylic acids is 1. The highest BCUT2D eigenvalue weighted by Crippen LogP contribution is 2.15.